The van der Waals surface area contributed by atoms with E-state index in [1.165, 1.54) is 7.11 Å². The van der Waals surface area contributed by atoms with Crippen molar-refractivity contribution in [3.05, 3.63) is 0 Å². The maximum Gasteiger partial charge on any atom is 0.329 e. The van der Waals surface area contributed by atoms with Gasteiger partial charge in [-0.05, 0) is 6.42 Å². The lowest BCUT2D eigenvalue weighted by Gasteiger charge is -2.38. The number of methoxy groups -OCH3 is 1. The Morgan fingerprint density at radius 1 is 1.82 bits per heavy atom. The molecule has 62 valence electrons. The fourth-order valence-electron chi connectivity index (χ4n) is 1.98. The molecule has 0 aromatic carbocycles. The van der Waals surface area contributed by atoms with Crippen molar-refractivity contribution >= 4 is 5.97 Å². The summed E-state index contributed by atoms with van der Waals surface area (Å²) in [4.78, 5) is 11.1. The number of halogens is 1. The average Bonchev–Trinajstić information content (AvgIpc) is 2.58. The van der Waals surface area contributed by atoms with E-state index in [4.69, 9.17) is 0 Å². The van der Waals surface area contributed by atoms with Crippen LogP contribution in [0.15, 0.2) is 0 Å². The summed E-state index contributed by atoms with van der Waals surface area (Å²) in [5, 5.41) is 2.86. The molecule has 0 radical (unpaired) electrons. The van der Waals surface area contributed by atoms with Crippen molar-refractivity contribution in [1.29, 1.82) is 0 Å². The fraction of sp³-hybridized carbons (Fsp3) is 0.857. The minimum atomic E-state index is -1.03. The molecule has 2 aliphatic heterocycles. The van der Waals surface area contributed by atoms with Gasteiger partial charge in [0.25, 0.3) is 0 Å². The normalized spacial score (nSPS) is 46.7. The molecule has 0 amide bonds. The molecule has 3 fully saturated rings. The van der Waals surface area contributed by atoms with Crippen molar-refractivity contribution in [3.63, 3.8) is 0 Å². The van der Waals surface area contributed by atoms with E-state index in [0.717, 1.165) is 0 Å². The Hall–Kier alpha value is -0.640. The maximum atomic E-state index is 13.1. The van der Waals surface area contributed by atoms with Gasteiger partial charge in [-0.2, -0.15) is 0 Å². The van der Waals surface area contributed by atoms with Gasteiger partial charge in [0.15, 0.2) is 0 Å². The van der Waals surface area contributed by atoms with Crippen molar-refractivity contribution in [1.82, 2.24) is 5.32 Å². The van der Waals surface area contributed by atoms with E-state index in [2.05, 4.69) is 10.1 Å². The Morgan fingerprint density at radius 2 is 2.55 bits per heavy atom. The van der Waals surface area contributed by atoms with Crippen molar-refractivity contribution in [2.45, 2.75) is 18.1 Å². The van der Waals surface area contributed by atoms with Crippen LogP contribution >= 0.6 is 0 Å². The number of esters is 1. The highest BCUT2D eigenvalue weighted by Crippen LogP contribution is 2.46. The standard InChI is InChI=1S/C7H10FNO2/c1-11-6(10)7-2-4(3-9-7)5(7)8/h4-5,9H,2-3H2,1H3/t4-,5+,7-/m0/s1. The highest BCUT2D eigenvalue weighted by atomic mass is 19.1. The van der Waals surface area contributed by atoms with E-state index in [0.29, 0.717) is 13.0 Å². The van der Waals surface area contributed by atoms with E-state index in [1.54, 1.807) is 0 Å². The molecule has 2 saturated heterocycles. The minimum Gasteiger partial charge on any atom is -0.468 e. The number of carbonyl (C=O) groups excluding carboxylic acids is 1. The molecule has 1 N–H and O–H groups in total. The average molecular weight is 159 g/mol. The van der Waals surface area contributed by atoms with E-state index >= 15 is 0 Å². The number of carbonyl (C=O) groups is 1. The van der Waals surface area contributed by atoms with E-state index in [9.17, 15) is 9.18 Å². The van der Waals surface area contributed by atoms with Crippen LogP contribution in [0.3, 0.4) is 0 Å². The number of hydrogen-bond donors (Lipinski definition) is 1. The molecule has 0 aromatic rings. The molecule has 4 heteroatoms. The van der Waals surface area contributed by atoms with Crippen LogP contribution < -0.4 is 5.32 Å². The molecule has 2 bridgehead atoms. The van der Waals surface area contributed by atoms with Crippen LogP contribution in [-0.2, 0) is 9.53 Å². The lowest BCUT2D eigenvalue weighted by Crippen LogP contribution is -2.60. The molecule has 0 aromatic heterocycles. The van der Waals surface area contributed by atoms with Gasteiger partial charge in [0.05, 0.1) is 7.11 Å². The van der Waals surface area contributed by atoms with Crippen molar-refractivity contribution in [2.24, 2.45) is 5.92 Å². The van der Waals surface area contributed by atoms with Gasteiger partial charge in [0.1, 0.15) is 11.7 Å². The second-order valence-corrected chi connectivity index (χ2v) is 3.21. The summed E-state index contributed by atoms with van der Waals surface area (Å²) in [5.41, 5.74) is -0.973. The number of alkyl halides is 1. The van der Waals surface area contributed by atoms with Gasteiger partial charge < -0.3 is 4.74 Å². The Bertz CT molecular complexity index is 205. The zero-order chi connectivity index (χ0) is 8.06. The van der Waals surface area contributed by atoms with E-state index in [-0.39, 0.29) is 5.92 Å². The summed E-state index contributed by atoms with van der Waals surface area (Å²) in [6.07, 6.45) is -0.434. The molecule has 2 heterocycles. The van der Waals surface area contributed by atoms with Gasteiger partial charge in [-0.25, -0.2) is 9.18 Å². The van der Waals surface area contributed by atoms with Gasteiger partial charge in [-0.3, -0.25) is 5.32 Å². The summed E-state index contributed by atoms with van der Waals surface area (Å²) in [5.74, 6) is -0.423. The Morgan fingerprint density at radius 3 is 2.91 bits per heavy atom. The van der Waals surface area contributed by atoms with Crippen LogP contribution in [0.4, 0.5) is 4.39 Å². The second-order valence-electron chi connectivity index (χ2n) is 3.21. The Labute approximate surface area is 63.9 Å². The number of fused-ring (bicyclic) bond motifs is 1. The first-order chi connectivity index (χ1) is 5.20. The molecular formula is C7H10FNO2. The lowest BCUT2D eigenvalue weighted by molar-refractivity contribution is -0.156. The number of ether oxygens (including phenoxy) is 1. The van der Waals surface area contributed by atoms with Crippen LogP contribution in [-0.4, -0.2) is 31.3 Å². The first kappa shape index (κ1) is 7.03. The molecule has 3 nitrogen and oxygen atoms in total. The Kier molecular flexibility index (Phi) is 1.24. The van der Waals surface area contributed by atoms with Gasteiger partial charge in [-0.1, -0.05) is 0 Å². The van der Waals surface area contributed by atoms with Crippen molar-refractivity contribution < 1.29 is 13.9 Å². The predicted octanol–water partition coefficient (Wildman–Crippen LogP) is -0.141. The van der Waals surface area contributed by atoms with Gasteiger partial charge in [0, 0.05) is 12.5 Å². The predicted molar refractivity (Wildman–Crippen MR) is 35.8 cm³/mol. The highest BCUT2D eigenvalue weighted by molar-refractivity contribution is 5.84. The summed E-state index contributed by atoms with van der Waals surface area (Å²) < 4.78 is 17.6. The lowest BCUT2D eigenvalue weighted by atomic mass is 9.71. The molecule has 1 saturated carbocycles. The zero-order valence-corrected chi connectivity index (χ0v) is 6.26. The topological polar surface area (TPSA) is 38.3 Å². The molecular weight excluding hydrogens is 149 g/mol. The molecule has 3 aliphatic rings. The fourth-order valence-corrected chi connectivity index (χ4v) is 1.98. The molecule has 3 rings (SSSR count). The van der Waals surface area contributed by atoms with Crippen LogP contribution in [0.2, 0.25) is 0 Å². The van der Waals surface area contributed by atoms with E-state index in [1.807, 2.05) is 0 Å². The maximum absolute atomic E-state index is 13.1. The number of nitrogens with one attached hydrogen (secondary N) is 1. The molecule has 0 spiro atoms. The summed E-state index contributed by atoms with van der Waals surface area (Å²) in [6, 6.07) is 0. The summed E-state index contributed by atoms with van der Waals surface area (Å²) in [6.45, 7) is 0.607. The first-order valence-electron chi connectivity index (χ1n) is 3.68. The van der Waals surface area contributed by atoms with Crippen LogP contribution in [0.5, 0.6) is 0 Å². The van der Waals surface area contributed by atoms with Gasteiger partial charge in [0.2, 0.25) is 0 Å². The first-order valence-corrected chi connectivity index (χ1v) is 3.68. The van der Waals surface area contributed by atoms with Crippen molar-refractivity contribution in [3.8, 4) is 0 Å². The van der Waals surface area contributed by atoms with Crippen LogP contribution in [0, 0.1) is 5.92 Å². The Balaban J connectivity index is 2.18. The molecule has 11 heavy (non-hydrogen) atoms. The third kappa shape index (κ3) is 0.630. The minimum absolute atomic E-state index is 0.0362. The van der Waals surface area contributed by atoms with Crippen molar-refractivity contribution in [2.75, 3.05) is 13.7 Å². The zero-order valence-electron chi connectivity index (χ0n) is 6.26. The summed E-state index contributed by atoms with van der Waals surface area (Å²) in [7, 11) is 1.29. The number of hydrogen-bond acceptors (Lipinski definition) is 3. The van der Waals surface area contributed by atoms with Gasteiger partial charge >= 0.3 is 5.97 Å². The largest absolute Gasteiger partial charge is 0.468 e. The monoisotopic (exact) mass is 159 g/mol. The molecule has 0 unspecified atom stereocenters. The van der Waals surface area contributed by atoms with Crippen LogP contribution in [0.1, 0.15) is 6.42 Å². The molecule has 3 atom stereocenters. The highest BCUT2D eigenvalue weighted by Gasteiger charge is 2.65. The SMILES string of the molecule is COC(=O)[C@@]12C[C@@H](CN1)[C@H]2F. The molecule has 1 aliphatic carbocycles. The van der Waals surface area contributed by atoms with E-state index < -0.39 is 17.7 Å². The smallest absolute Gasteiger partial charge is 0.329 e. The number of rotatable bonds is 1. The van der Waals surface area contributed by atoms with Gasteiger partial charge in [-0.15, -0.1) is 0 Å². The quantitative estimate of drug-likeness (QED) is 0.541. The second kappa shape index (κ2) is 1.94. The summed E-state index contributed by atoms with van der Waals surface area (Å²) >= 11 is 0. The third-order valence-corrected chi connectivity index (χ3v) is 2.70. The third-order valence-electron chi connectivity index (χ3n) is 2.70. The van der Waals surface area contributed by atoms with Crippen LogP contribution in [0.25, 0.3) is 0 Å².